The first-order valence-electron chi connectivity index (χ1n) is 9.02. The van der Waals surface area contributed by atoms with Crippen molar-refractivity contribution in [1.29, 1.82) is 0 Å². The molecule has 0 saturated carbocycles. The van der Waals surface area contributed by atoms with Gasteiger partial charge >= 0.3 is 5.69 Å². The minimum atomic E-state index is -0.461. The molecule has 0 fully saturated rings. The lowest BCUT2D eigenvalue weighted by Gasteiger charge is -2.14. The third-order valence-electron chi connectivity index (χ3n) is 4.55. The number of aromatic nitrogens is 2. The van der Waals surface area contributed by atoms with Gasteiger partial charge in [0.25, 0.3) is 5.56 Å². The molecular formula is C21H23N3O3. The second kappa shape index (κ2) is 7.61. The molecular weight excluding hydrogens is 342 g/mol. The summed E-state index contributed by atoms with van der Waals surface area (Å²) in [5, 5.41) is 3.31. The summed E-state index contributed by atoms with van der Waals surface area (Å²) in [7, 11) is 0. The Morgan fingerprint density at radius 1 is 1.04 bits per heavy atom. The SMILES string of the molecule is CCCn1c(=O)c2ccccc2n(CC(=O)Nc2cc(C)ccc2C)c1=O. The van der Waals surface area contributed by atoms with Crippen molar-refractivity contribution < 1.29 is 4.79 Å². The lowest BCUT2D eigenvalue weighted by Crippen LogP contribution is -2.41. The molecule has 0 unspecified atom stereocenters. The number of carbonyl (C=O) groups excluding carboxylic acids is 1. The van der Waals surface area contributed by atoms with E-state index in [-0.39, 0.29) is 18.0 Å². The van der Waals surface area contributed by atoms with Crippen LogP contribution < -0.4 is 16.6 Å². The summed E-state index contributed by atoms with van der Waals surface area (Å²) in [5.41, 5.74) is 2.40. The van der Waals surface area contributed by atoms with E-state index in [0.29, 0.717) is 23.9 Å². The standard InChI is InChI=1S/C21H23N3O3/c1-4-11-23-20(26)16-7-5-6-8-18(16)24(21(23)27)13-19(25)22-17-12-14(2)9-10-15(17)3/h5-10,12H,4,11,13H2,1-3H3,(H,22,25). The predicted molar refractivity (Wildman–Crippen MR) is 107 cm³/mol. The molecule has 0 atom stereocenters. The number of para-hydroxylation sites is 1. The predicted octanol–water partition coefficient (Wildman–Crippen LogP) is 2.83. The fourth-order valence-corrected chi connectivity index (χ4v) is 3.15. The van der Waals surface area contributed by atoms with Crippen molar-refractivity contribution in [1.82, 2.24) is 9.13 Å². The van der Waals surface area contributed by atoms with Gasteiger partial charge in [-0.1, -0.05) is 31.2 Å². The fraction of sp³-hybridized carbons (Fsp3) is 0.286. The van der Waals surface area contributed by atoms with E-state index < -0.39 is 5.69 Å². The first-order valence-corrected chi connectivity index (χ1v) is 9.02. The molecule has 0 radical (unpaired) electrons. The molecule has 6 nitrogen and oxygen atoms in total. The number of anilines is 1. The maximum atomic E-state index is 12.8. The van der Waals surface area contributed by atoms with E-state index in [2.05, 4.69) is 5.32 Å². The van der Waals surface area contributed by atoms with Gasteiger partial charge in [-0.15, -0.1) is 0 Å². The molecule has 2 aromatic carbocycles. The van der Waals surface area contributed by atoms with Crippen LogP contribution in [0.25, 0.3) is 10.9 Å². The van der Waals surface area contributed by atoms with E-state index in [1.807, 2.05) is 39.0 Å². The highest BCUT2D eigenvalue weighted by molar-refractivity contribution is 5.92. The molecule has 0 aliphatic heterocycles. The summed E-state index contributed by atoms with van der Waals surface area (Å²) in [6.07, 6.45) is 0.655. The van der Waals surface area contributed by atoms with Gasteiger partial charge in [-0.05, 0) is 49.6 Å². The number of benzene rings is 2. The maximum Gasteiger partial charge on any atom is 0.331 e. The summed E-state index contributed by atoms with van der Waals surface area (Å²) in [6.45, 7) is 5.93. The Balaban J connectivity index is 2.03. The van der Waals surface area contributed by atoms with Crippen LogP contribution in [0.15, 0.2) is 52.1 Å². The molecule has 6 heteroatoms. The lowest BCUT2D eigenvalue weighted by atomic mass is 10.1. The first kappa shape index (κ1) is 18.6. The number of rotatable bonds is 5. The van der Waals surface area contributed by atoms with Crippen LogP contribution in [0.3, 0.4) is 0 Å². The van der Waals surface area contributed by atoms with Crippen molar-refractivity contribution in [2.45, 2.75) is 40.3 Å². The van der Waals surface area contributed by atoms with Crippen LogP contribution in [0.5, 0.6) is 0 Å². The van der Waals surface area contributed by atoms with Crippen LogP contribution >= 0.6 is 0 Å². The smallest absolute Gasteiger partial charge is 0.324 e. The van der Waals surface area contributed by atoms with E-state index in [1.54, 1.807) is 24.3 Å². The van der Waals surface area contributed by atoms with Crippen molar-refractivity contribution in [3.05, 3.63) is 74.4 Å². The quantitative estimate of drug-likeness (QED) is 0.756. The van der Waals surface area contributed by atoms with Crippen LogP contribution in [-0.2, 0) is 17.9 Å². The van der Waals surface area contributed by atoms with Gasteiger partial charge in [0.2, 0.25) is 5.91 Å². The average Bonchev–Trinajstić information content (AvgIpc) is 2.65. The van der Waals surface area contributed by atoms with Crippen molar-refractivity contribution in [2.75, 3.05) is 5.32 Å². The van der Waals surface area contributed by atoms with Crippen LogP contribution in [-0.4, -0.2) is 15.0 Å². The molecule has 0 spiro atoms. The van der Waals surface area contributed by atoms with E-state index in [1.165, 1.54) is 9.13 Å². The highest BCUT2D eigenvalue weighted by atomic mass is 16.2. The average molecular weight is 365 g/mol. The Hall–Kier alpha value is -3.15. The van der Waals surface area contributed by atoms with Gasteiger partial charge in [0.15, 0.2) is 0 Å². The Kier molecular flexibility index (Phi) is 5.26. The number of hydrogen-bond acceptors (Lipinski definition) is 3. The summed E-state index contributed by atoms with van der Waals surface area (Å²) in [6, 6.07) is 12.7. The molecule has 1 amide bonds. The molecule has 3 rings (SSSR count). The van der Waals surface area contributed by atoms with Crippen LogP contribution in [0, 0.1) is 13.8 Å². The molecule has 1 heterocycles. The van der Waals surface area contributed by atoms with Crippen molar-refractivity contribution in [3.8, 4) is 0 Å². The number of nitrogens with zero attached hydrogens (tertiary/aromatic N) is 2. The molecule has 0 bridgehead atoms. The van der Waals surface area contributed by atoms with Crippen LogP contribution in [0.4, 0.5) is 5.69 Å². The second-order valence-electron chi connectivity index (χ2n) is 6.71. The zero-order valence-electron chi connectivity index (χ0n) is 15.8. The molecule has 0 saturated heterocycles. The lowest BCUT2D eigenvalue weighted by molar-refractivity contribution is -0.116. The van der Waals surface area contributed by atoms with E-state index in [0.717, 1.165) is 16.8 Å². The Morgan fingerprint density at radius 2 is 1.78 bits per heavy atom. The van der Waals surface area contributed by atoms with Crippen molar-refractivity contribution >= 4 is 22.5 Å². The monoisotopic (exact) mass is 365 g/mol. The normalized spacial score (nSPS) is 10.9. The summed E-state index contributed by atoms with van der Waals surface area (Å²) in [5.74, 6) is -0.308. The Labute approximate surface area is 157 Å². The fourth-order valence-electron chi connectivity index (χ4n) is 3.15. The van der Waals surface area contributed by atoms with Gasteiger partial charge in [0.05, 0.1) is 10.9 Å². The molecule has 140 valence electrons. The van der Waals surface area contributed by atoms with E-state index in [4.69, 9.17) is 0 Å². The number of hydrogen-bond donors (Lipinski definition) is 1. The maximum absolute atomic E-state index is 12.8. The van der Waals surface area contributed by atoms with Gasteiger partial charge in [0, 0.05) is 12.2 Å². The summed E-state index contributed by atoms with van der Waals surface area (Å²) in [4.78, 5) is 38.1. The van der Waals surface area contributed by atoms with Gasteiger partial charge in [-0.3, -0.25) is 18.7 Å². The third kappa shape index (κ3) is 3.69. The molecule has 27 heavy (non-hydrogen) atoms. The molecule has 1 aromatic heterocycles. The highest BCUT2D eigenvalue weighted by Gasteiger charge is 2.15. The number of aryl methyl sites for hydroxylation is 2. The van der Waals surface area contributed by atoms with E-state index in [9.17, 15) is 14.4 Å². The minimum absolute atomic E-state index is 0.156. The number of carbonyl (C=O) groups is 1. The Morgan fingerprint density at radius 3 is 2.52 bits per heavy atom. The third-order valence-corrected chi connectivity index (χ3v) is 4.55. The molecule has 3 aromatic rings. The molecule has 1 N–H and O–H groups in total. The molecule has 0 aliphatic rings. The first-order chi connectivity index (χ1) is 12.9. The highest BCUT2D eigenvalue weighted by Crippen LogP contribution is 2.16. The minimum Gasteiger partial charge on any atom is -0.324 e. The number of amides is 1. The zero-order valence-corrected chi connectivity index (χ0v) is 15.8. The van der Waals surface area contributed by atoms with Crippen LogP contribution in [0.2, 0.25) is 0 Å². The van der Waals surface area contributed by atoms with Gasteiger partial charge in [0.1, 0.15) is 6.54 Å². The number of fused-ring (bicyclic) bond motifs is 1. The van der Waals surface area contributed by atoms with Crippen molar-refractivity contribution in [3.63, 3.8) is 0 Å². The topological polar surface area (TPSA) is 73.1 Å². The van der Waals surface area contributed by atoms with Gasteiger partial charge < -0.3 is 5.32 Å². The van der Waals surface area contributed by atoms with Crippen LogP contribution in [0.1, 0.15) is 24.5 Å². The number of nitrogens with one attached hydrogen (secondary N) is 1. The van der Waals surface area contributed by atoms with E-state index >= 15 is 0 Å². The zero-order chi connectivity index (χ0) is 19.6. The molecule has 0 aliphatic carbocycles. The largest absolute Gasteiger partial charge is 0.331 e. The summed E-state index contributed by atoms with van der Waals surface area (Å²) >= 11 is 0. The Bertz CT molecular complexity index is 1130. The second-order valence-corrected chi connectivity index (χ2v) is 6.71. The van der Waals surface area contributed by atoms with Gasteiger partial charge in [-0.2, -0.15) is 0 Å². The summed E-state index contributed by atoms with van der Waals surface area (Å²) < 4.78 is 2.57. The van der Waals surface area contributed by atoms with Crippen molar-refractivity contribution in [2.24, 2.45) is 0 Å². The van der Waals surface area contributed by atoms with Gasteiger partial charge in [-0.25, -0.2) is 4.79 Å².